The molecular formula is C6H5N3O. The normalized spacial score (nSPS) is 10.4. The van der Waals surface area contributed by atoms with Gasteiger partial charge < -0.3 is 14.8 Å². The third-order valence-electron chi connectivity index (χ3n) is 1.30. The van der Waals surface area contributed by atoms with Gasteiger partial charge in [-0.25, -0.2) is 4.98 Å². The Balaban J connectivity index is 2.78. The lowest BCUT2D eigenvalue weighted by Gasteiger charge is -1.76. The summed E-state index contributed by atoms with van der Waals surface area (Å²) >= 11 is 0. The number of oxazole rings is 1. The van der Waals surface area contributed by atoms with Crippen LogP contribution < -0.4 is 0 Å². The molecule has 0 aromatic carbocycles. The summed E-state index contributed by atoms with van der Waals surface area (Å²) in [6.07, 6.45) is 2.59. The van der Waals surface area contributed by atoms with Gasteiger partial charge in [-0.15, -0.1) is 0 Å². The highest BCUT2D eigenvalue weighted by Crippen LogP contribution is 2.10. The van der Waals surface area contributed by atoms with Crippen LogP contribution in [0.15, 0.2) is 16.9 Å². The van der Waals surface area contributed by atoms with Gasteiger partial charge in [-0.05, 0) is 6.07 Å². The van der Waals surface area contributed by atoms with Gasteiger partial charge in [0.2, 0.25) is 5.71 Å². The fraction of sp³-hybridized carbons (Fsp3) is 0. The standard InChI is InChI=1S/C6H5N3O/c7-2-4-1-5-6(9-4)10-3-8-5/h1-3,7,9H. The molecule has 2 aromatic rings. The molecule has 4 heteroatoms. The van der Waals surface area contributed by atoms with Crippen molar-refractivity contribution in [1.29, 1.82) is 5.41 Å². The minimum Gasteiger partial charge on any atom is -0.427 e. The second-order valence-electron chi connectivity index (χ2n) is 1.94. The van der Waals surface area contributed by atoms with Crippen molar-refractivity contribution >= 4 is 17.4 Å². The van der Waals surface area contributed by atoms with Crippen molar-refractivity contribution in [2.24, 2.45) is 0 Å². The van der Waals surface area contributed by atoms with Crippen LogP contribution in [0.5, 0.6) is 0 Å². The summed E-state index contributed by atoms with van der Waals surface area (Å²) < 4.78 is 4.93. The predicted octanol–water partition coefficient (Wildman–Crippen LogP) is 1.15. The first-order valence-electron chi connectivity index (χ1n) is 2.83. The zero-order chi connectivity index (χ0) is 6.97. The fourth-order valence-electron chi connectivity index (χ4n) is 0.843. The van der Waals surface area contributed by atoms with Crippen molar-refractivity contribution in [3.05, 3.63) is 18.2 Å². The molecule has 0 unspecified atom stereocenters. The Hall–Kier alpha value is -1.58. The fourth-order valence-corrected chi connectivity index (χ4v) is 0.843. The molecule has 2 N–H and O–H groups in total. The van der Waals surface area contributed by atoms with E-state index in [0.29, 0.717) is 11.4 Å². The van der Waals surface area contributed by atoms with Gasteiger partial charge in [0.25, 0.3) is 0 Å². The Kier molecular flexibility index (Phi) is 0.887. The SMILES string of the molecule is N=Cc1cc2ncoc2[nH]1. The van der Waals surface area contributed by atoms with Crippen molar-refractivity contribution in [3.63, 3.8) is 0 Å². The third kappa shape index (κ3) is 0.556. The van der Waals surface area contributed by atoms with Gasteiger partial charge in [0.05, 0.1) is 5.69 Å². The van der Waals surface area contributed by atoms with Gasteiger partial charge in [-0.2, -0.15) is 0 Å². The van der Waals surface area contributed by atoms with Crippen molar-refractivity contribution in [2.45, 2.75) is 0 Å². The van der Waals surface area contributed by atoms with Gasteiger partial charge in [0, 0.05) is 6.21 Å². The van der Waals surface area contributed by atoms with E-state index >= 15 is 0 Å². The number of nitrogens with one attached hydrogen (secondary N) is 2. The highest BCUT2D eigenvalue weighted by atomic mass is 16.3. The molecule has 2 aromatic heterocycles. The summed E-state index contributed by atoms with van der Waals surface area (Å²) in [6, 6.07) is 1.76. The monoisotopic (exact) mass is 135 g/mol. The Morgan fingerprint density at radius 1 is 1.70 bits per heavy atom. The number of fused-ring (bicyclic) bond motifs is 1. The molecule has 0 atom stereocenters. The molecule has 50 valence electrons. The number of hydrogen-bond acceptors (Lipinski definition) is 3. The lowest BCUT2D eigenvalue weighted by molar-refractivity contribution is 0.591. The maximum atomic E-state index is 6.89. The molecule has 2 rings (SSSR count). The van der Waals surface area contributed by atoms with Crippen molar-refractivity contribution in [3.8, 4) is 0 Å². The molecule has 0 radical (unpaired) electrons. The van der Waals surface area contributed by atoms with E-state index in [-0.39, 0.29) is 0 Å². The van der Waals surface area contributed by atoms with E-state index in [1.807, 2.05) is 0 Å². The van der Waals surface area contributed by atoms with Crippen LogP contribution in [0, 0.1) is 5.41 Å². The molecule has 0 spiro atoms. The molecule has 0 bridgehead atoms. The van der Waals surface area contributed by atoms with E-state index in [2.05, 4.69) is 9.97 Å². The lowest BCUT2D eigenvalue weighted by Crippen LogP contribution is -1.74. The van der Waals surface area contributed by atoms with E-state index < -0.39 is 0 Å². The summed E-state index contributed by atoms with van der Waals surface area (Å²) in [6.45, 7) is 0. The maximum Gasteiger partial charge on any atom is 0.225 e. The molecule has 0 aliphatic heterocycles. The van der Waals surface area contributed by atoms with Gasteiger partial charge >= 0.3 is 0 Å². The second kappa shape index (κ2) is 1.70. The summed E-state index contributed by atoms with van der Waals surface area (Å²) in [5.74, 6) is 0. The number of rotatable bonds is 1. The van der Waals surface area contributed by atoms with Crippen LogP contribution in [0.25, 0.3) is 11.2 Å². The van der Waals surface area contributed by atoms with E-state index in [0.717, 1.165) is 5.52 Å². The van der Waals surface area contributed by atoms with Crippen LogP contribution in [0.4, 0.5) is 0 Å². The number of aromatic amines is 1. The van der Waals surface area contributed by atoms with E-state index in [9.17, 15) is 0 Å². The second-order valence-corrected chi connectivity index (χ2v) is 1.94. The minimum atomic E-state index is 0.624. The van der Waals surface area contributed by atoms with Crippen LogP contribution in [-0.2, 0) is 0 Å². The Labute approximate surface area is 56.4 Å². The zero-order valence-electron chi connectivity index (χ0n) is 5.09. The molecule has 0 fully saturated rings. The summed E-state index contributed by atoms with van der Waals surface area (Å²) in [4.78, 5) is 6.74. The van der Waals surface area contributed by atoms with Crippen molar-refractivity contribution in [2.75, 3.05) is 0 Å². The average Bonchev–Trinajstić information content (AvgIpc) is 2.42. The van der Waals surface area contributed by atoms with Gasteiger partial charge in [-0.1, -0.05) is 0 Å². The van der Waals surface area contributed by atoms with Gasteiger partial charge in [-0.3, -0.25) is 0 Å². The number of H-pyrrole nitrogens is 1. The summed E-state index contributed by atoms with van der Waals surface area (Å²) in [5, 5.41) is 6.89. The van der Waals surface area contributed by atoms with Crippen LogP contribution in [0.2, 0.25) is 0 Å². The summed E-state index contributed by atoms with van der Waals surface area (Å²) in [7, 11) is 0. The zero-order valence-corrected chi connectivity index (χ0v) is 5.09. The Bertz CT molecular complexity index is 331. The predicted molar refractivity (Wildman–Crippen MR) is 36.2 cm³/mol. The first-order valence-corrected chi connectivity index (χ1v) is 2.83. The van der Waals surface area contributed by atoms with Gasteiger partial charge in [0.15, 0.2) is 6.39 Å². The van der Waals surface area contributed by atoms with Gasteiger partial charge in [0.1, 0.15) is 5.52 Å². The minimum absolute atomic E-state index is 0.624. The van der Waals surface area contributed by atoms with Crippen LogP contribution in [-0.4, -0.2) is 16.2 Å². The van der Waals surface area contributed by atoms with Crippen LogP contribution in [0.1, 0.15) is 5.69 Å². The average molecular weight is 135 g/mol. The van der Waals surface area contributed by atoms with E-state index in [1.54, 1.807) is 6.07 Å². The smallest absolute Gasteiger partial charge is 0.225 e. The third-order valence-corrected chi connectivity index (χ3v) is 1.30. The first kappa shape index (κ1) is 5.22. The maximum absolute atomic E-state index is 6.89. The van der Waals surface area contributed by atoms with Crippen LogP contribution in [0.3, 0.4) is 0 Å². The molecule has 0 saturated carbocycles. The van der Waals surface area contributed by atoms with Crippen molar-refractivity contribution in [1.82, 2.24) is 9.97 Å². The Morgan fingerprint density at radius 3 is 3.30 bits per heavy atom. The number of hydrogen-bond donors (Lipinski definition) is 2. The Morgan fingerprint density at radius 2 is 2.60 bits per heavy atom. The van der Waals surface area contributed by atoms with E-state index in [4.69, 9.17) is 9.83 Å². The number of nitrogens with zero attached hydrogens (tertiary/aromatic N) is 1. The largest absolute Gasteiger partial charge is 0.427 e. The molecule has 2 heterocycles. The number of aromatic nitrogens is 2. The summed E-state index contributed by atoms with van der Waals surface area (Å²) in [5.41, 5.74) is 2.10. The molecule has 0 aliphatic carbocycles. The molecule has 4 nitrogen and oxygen atoms in total. The van der Waals surface area contributed by atoms with E-state index in [1.165, 1.54) is 12.6 Å². The molecule has 0 amide bonds. The first-order chi connectivity index (χ1) is 4.90. The van der Waals surface area contributed by atoms with Crippen LogP contribution >= 0.6 is 0 Å². The topological polar surface area (TPSA) is 65.7 Å². The molecule has 10 heavy (non-hydrogen) atoms. The van der Waals surface area contributed by atoms with Crippen molar-refractivity contribution < 1.29 is 4.42 Å². The highest BCUT2D eigenvalue weighted by Gasteiger charge is 2.00. The highest BCUT2D eigenvalue weighted by molar-refractivity contribution is 5.83. The lowest BCUT2D eigenvalue weighted by atomic mass is 10.4. The molecular weight excluding hydrogens is 130 g/mol. The molecule has 0 saturated heterocycles. The molecule has 0 aliphatic rings. The quantitative estimate of drug-likeness (QED) is 0.576.